The number of halogens is 5. The van der Waals surface area contributed by atoms with Crippen molar-refractivity contribution in [2.24, 2.45) is 5.41 Å². The second-order valence-electron chi connectivity index (χ2n) is 4.31. The number of alkyl halides is 4. The molecule has 0 aromatic heterocycles. The molecule has 0 bridgehead atoms. The van der Waals surface area contributed by atoms with Crippen molar-refractivity contribution in [2.75, 3.05) is 5.33 Å². The van der Waals surface area contributed by atoms with Crippen LogP contribution in [0.5, 0.6) is 0 Å². The van der Waals surface area contributed by atoms with E-state index in [1.807, 2.05) is 6.08 Å². The van der Waals surface area contributed by atoms with Gasteiger partial charge in [-0.15, -0.1) is 34.8 Å². The second-order valence-corrected chi connectivity index (χ2v) is 6.93. The fraction of sp³-hybridized carbons (Fsp3) is 0.800. The first kappa shape index (κ1) is 14.4. The molecule has 0 heterocycles. The molecule has 1 fully saturated rings. The maximum absolute atomic E-state index is 6.48. The lowest BCUT2D eigenvalue weighted by Crippen LogP contribution is -2.49. The quantitative estimate of drug-likeness (QED) is 0.603. The number of hydrogen-bond donors (Lipinski definition) is 0. The molecule has 0 aliphatic heterocycles. The summed E-state index contributed by atoms with van der Waals surface area (Å²) in [5, 5.41) is 0.518. The normalized spacial score (nSPS) is 47.3. The molecule has 1 aliphatic carbocycles. The molecule has 1 aliphatic rings. The van der Waals surface area contributed by atoms with Gasteiger partial charge in [0.15, 0.2) is 0 Å². The summed E-state index contributed by atoms with van der Waals surface area (Å²) in [6.07, 6.45) is 3.32. The Labute approximate surface area is 119 Å². The Morgan fingerprint density at radius 1 is 1.40 bits per heavy atom. The van der Waals surface area contributed by atoms with Crippen molar-refractivity contribution in [3.05, 3.63) is 11.6 Å². The second kappa shape index (κ2) is 5.35. The lowest BCUT2D eigenvalue weighted by Gasteiger charge is -2.46. The number of hydrogen-bond acceptors (Lipinski definition) is 0. The Hall–Kier alpha value is 1.38. The van der Waals surface area contributed by atoms with Crippen molar-refractivity contribution in [3.63, 3.8) is 0 Å². The maximum atomic E-state index is 6.48. The molecule has 4 atom stereocenters. The molecule has 5 heteroatoms. The van der Waals surface area contributed by atoms with Gasteiger partial charge < -0.3 is 0 Å². The molecule has 0 saturated heterocycles. The monoisotopic (exact) mass is 352 g/mol. The van der Waals surface area contributed by atoms with Crippen LogP contribution in [0.3, 0.4) is 0 Å². The molecule has 0 spiro atoms. The van der Waals surface area contributed by atoms with Crippen LogP contribution in [0.4, 0.5) is 0 Å². The molecule has 0 aromatic rings. The summed E-state index contributed by atoms with van der Waals surface area (Å²) in [7, 11) is 0. The molecule has 0 N–H and O–H groups in total. The van der Waals surface area contributed by atoms with Gasteiger partial charge in [0.2, 0.25) is 0 Å². The lowest BCUT2D eigenvalue weighted by molar-refractivity contribution is 0.256. The van der Waals surface area contributed by atoms with Crippen molar-refractivity contribution in [1.29, 1.82) is 0 Å². The van der Waals surface area contributed by atoms with E-state index in [9.17, 15) is 0 Å². The van der Waals surface area contributed by atoms with Crippen LogP contribution in [0, 0.1) is 5.41 Å². The average molecular weight is 355 g/mol. The molecule has 0 radical (unpaired) electrons. The Morgan fingerprint density at radius 2 is 2.00 bits per heavy atom. The van der Waals surface area contributed by atoms with Crippen molar-refractivity contribution in [1.82, 2.24) is 0 Å². The summed E-state index contributed by atoms with van der Waals surface area (Å²) in [4.78, 5) is -0.446. The van der Waals surface area contributed by atoms with Gasteiger partial charge in [-0.3, -0.25) is 0 Å². The highest BCUT2D eigenvalue weighted by atomic mass is 79.9. The van der Waals surface area contributed by atoms with E-state index in [1.165, 1.54) is 5.54 Å². The van der Waals surface area contributed by atoms with E-state index in [1.54, 1.807) is 0 Å². The van der Waals surface area contributed by atoms with Crippen molar-refractivity contribution in [3.8, 4) is 0 Å². The van der Waals surface area contributed by atoms with Gasteiger partial charge in [-0.25, -0.2) is 0 Å². The zero-order valence-electron chi connectivity index (χ0n) is 8.32. The summed E-state index contributed by atoms with van der Waals surface area (Å²) < 4.78 is 0. The van der Waals surface area contributed by atoms with Gasteiger partial charge in [0.1, 0.15) is 0 Å². The maximum Gasteiger partial charge on any atom is 0.0715 e. The van der Waals surface area contributed by atoms with E-state index in [2.05, 4.69) is 22.9 Å². The molecule has 0 amide bonds. The first-order chi connectivity index (χ1) is 6.88. The van der Waals surface area contributed by atoms with E-state index < -0.39 is 4.87 Å². The van der Waals surface area contributed by atoms with E-state index in [-0.39, 0.29) is 16.2 Å². The van der Waals surface area contributed by atoms with Crippen molar-refractivity contribution in [2.45, 2.75) is 35.4 Å². The number of allylic oxidation sites excluding steroid dienone is 1. The Bertz CT molecular complexity index is 258. The van der Waals surface area contributed by atoms with Crippen LogP contribution in [0.1, 0.15) is 19.8 Å². The highest BCUT2D eigenvalue weighted by Crippen LogP contribution is 2.50. The molecule has 0 nitrogen and oxygen atoms in total. The molecule has 1 rings (SSSR count). The Morgan fingerprint density at radius 3 is 2.47 bits per heavy atom. The predicted octanol–water partition coefficient (Wildman–Crippen LogP) is 5.13. The molecule has 88 valence electrons. The van der Waals surface area contributed by atoms with E-state index in [4.69, 9.17) is 46.4 Å². The largest absolute Gasteiger partial charge is 0.122 e. The molecular weight excluding hydrogens is 342 g/mol. The standard InChI is InChI=1S/C10H13BrCl4/c1-9(2-3-12)5-10(15,6-11)8(14)4-7(9)13/h2-3,7-8H,4-6H2,1H3/b3-2+. The topological polar surface area (TPSA) is 0 Å². The van der Waals surface area contributed by atoms with Crippen LogP contribution < -0.4 is 0 Å². The smallest absolute Gasteiger partial charge is 0.0715 e. The van der Waals surface area contributed by atoms with Crippen LogP contribution in [-0.4, -0.2) is 21.0 Å². The van der Waals surface area contributed by atoms with Crippen molar-refractivity contribution >= 4 is 62.3 Å². The molecule has 4 unspecified atom stereocenters. The highest BCUT2D eigenvalue weighted by Gasteiger charge is 2.49. The average Bonchev–Trinajstić information content (AvgIpc) is 2.15. The van der Waals surface area contributed by atoms with Gasteiger partial charge in [-0.05, 0) is 12.8 Å². The molecule has 0 aromatic carbocycles. The molecule has 15 heavy (non-hydrogen) atoms. The van der Waals surface area contributed by atoms with Crippen LogP contribution >= 0.6 is 62.3 Å². The SMILES string of the molecule is CC1(/C=C/Cl)CC(Cl)(CBr)C(Cl)CC1Cl. The summed E-state index contributed by atoms with van der Waals surface area (Å²) >= 11 is 28.1. The highest BCUT2D eigenvalue weighted by molar-refractivity contribution is 9.09. The fourth-order valence-corrected chi connectivity index (χ4v) is 4.15. The summed E-state index contributed by atoms with van der Waals surface area (Å²) in [6.45, 7) is 2.06. The van der Waals surface area contributed by atoms with Gasteiger partial charge in [-0.2, -0.15) is 0 Å². The van der Waals surface area contributed by atoms with Gasteiger partial charge in [0.05, 0.1) is 10.3 Å². The Balaban J connectivity index is 2.94. The first-order valence-corrected chi connectivity index (χ1v) is 7.50. The van der Waals surface area contributed by atoms with Crippen LogP contribution in [0.15, 0.2) is 11.6 Å². The van der Waals surface area contributed by atoms with Crippen LogP contribution in [-0.2, 0) is 0 Å². The minimum atomic E-state index is -0.446. The van der Waals surface area contributed by atoms with Crippen LogP contribution in [0.25, 0.3) is 0 Å². The van der Waals surface area contributed by atoms with E-state index in [0.717, 1.165) is 6.42 Å². The van der Waals surface area contributed by atoms with E-state index >= 15 is 0 Å². The predicted molar refractivity (Wildman–Crippen MR) is 74.0 cm³/mol. The number of rotatable bonds is 2. The summed E-state index contributed by atoms with van der Waals surface area (Å²) in [6, 6.07) is 0. The first-order valence-electron chi connectivity index (χ1n) is 4.69. The third-order valence-electron chi connectivity index (χ3n) is 3.03. The van der Waals surface area contributed by atoms with E-state index in [0.29, 0.717) is 11.8 Å². The minimum absolute atomic E-state index is 0.0269. The van der Waals surface area contributed by atoms with Gasteiger partial charge in [-0.1, -0.05) is 40.5 Å². The van der Waals surface area contributed by atoms with Crippen molar-refractivity contribution < 1.29 is 0 Å². The third kappa shape index (κ3) is 2.98. The zero-order chi connectivity index (χ0) is 11.7. The Kier molecular flexibility index (Phi) is 5.15. The minimum Gasteiger partial charge on any atom is -0.122 e. The summed E-state index contributed by atoms with van der Waals surface area (Å²) in [5.41, 5.74) is 1.32. The zero-order valence-corrected chi connectivity index (χ0v) is 12.9. The molecule has 1 saturated carbocycles. The van der Waals surface area contributed by atoms with Crippen LogP contribution in [0.2, 0.25) is 0 Å². The van der Waals surface area contributed by atoms with Gasteiger partial charge >= 0.3 is 0 Å². The summed E-state index contributed by atoms with van der Waals surface area (Å²) in [5.74, 6) is 0. The van der Waals surface area contributed by atoms with Gasteiger partial charge in [0.25, 0.3) is 0 Å². The van der Waals surface area contributed by atoms with Gasteiger partial charge in [0, 0.05) is 21.7 Å². The fourth-order valence-electron chi connectivity index (χ4n) is 1.96. The molecular formula is C10H13BrCl4. The lowest BCUT2D eigenvalue weighted by atomic mass is 9.70. The third-order valence-corrected chi connectivity index (χ3v) is 6.40.